The molecule has 0 heterocycles. The van der Waals surface area contributed by atoms with E-state index in [-0.39, 0.29) is 17.9 Å². The Bertz CT molecular complexity index is 1050. The monoisotopic (exact) mass is 481 g/mol. The largest absolute Gasteiger partial charge is 0.355 e. The Hall–Kier alpha value is -3.42. The topological polar surface area (TPSA) is 64.9 Å². The van der Waals surface area contributed by atoms with Crippen LogP contribution in [-0.2, 0) is 10.2 Å². The predicted molar refractivity (Wildman–Crippen MR) is 148 cm³/mol. The normalized spacial score (nSPS) is 13.7. The average Bonchev–Trinajstić information content (AvgIpc) is 2.92. The van der Waals surface area contributed by atoms with Gasteiger partial charge < -0.3 is 10.6 Å². The summed E-state index contributed by atoms with van der Waals surface area (Å²) in [7, 11) is 0. The van der Waals surface area contributed by atoms with Gasteiger partial charge in [-0.3, -0.25) is 4.79 Å². The Morgan fingerprint density at radius 2 is 1.42 bits per heavy atom. The van der Waals surface area contributed by atoms with E-state index < -0.39 is 5.41 Å². The van der Waals surface area contributed by atoms with Crippen molar-refractivity contribution >= 4 is 5.91 Å². The molecule has 0 aliphatic rings. The van der Waals surface area contributed by atoms with E-state index >= 15 is 0 Å². The first-order valence-corrected chi connectivity index (χ1v) is 13.0. The van der Waals surface area contributed by atoms with Gasteiger partial charge in [0.2, 0.25) is 5.91 Å². The fourth-order valence-electron chi connectivity index (χ4n) is 4.66. The number of carbonyl (C=O) groups is 1. The zero-order chi connectivity index (χ0) is 25.8. The molecule has 0 saturated heterocycles. The smallest absolute Gasteiger partial charge is 0.237 e. The molecule has 0 aliphatic carbocycles. The lowest BCUT2D eigenvalue weighted by Gasteiger charge is -2.25. The van der Waals surface area contributed by atoms with Crippen LogP contribution >= 0.6 is 0 Å². The van der Waals surface area contributed by atoms with E-state index in [1.54, 1.807) is 0 Å². The van der Waals surface area contributed by atoms with Crippen molar-refractivity contribution in [3.8, 4) is 6.07 Å². The summed E-state index contributed by atoms with van der Waals surface area (Å²) < 4.78 is 0. The van der Waals surface area contributed by atoms with E-state index in [1.807, 2.05) is 49.4 Å². The minimum absolute atomic E-state index is 0.0296. The zero-order valence-electron chi connectivity index (χ0n) is 21.8. The molecule has 2 N–H and O–H groups in total. The number of hydrogen-bond acceptors (Lipinski definition) is 3. The highest BCUT2D eigenvalue weighted by atomic mass is 16.2. The standard InChI is InChI=1S/C32H39N3O/c1-25(2)22-30(31(36)34-21-13-20-32(3,24-33)28-18-11-6-12-19-28)35-23-29(26-14-7-4-8-15-26)27-16-9-5-10-17-27/h4-12,14-19,25,29-30,35H,13,20-23H2,1-3H3,(H,34,36)/t30-,32?/m0/s1. The second-order valence-corrected chi connectivity index (χ2v) is 10.2. The minimum Gasteiger partial charge on any atom is -0.355 e. The van der Waals surface area contributed by atoms with Crippen LogP contribution in [0.5, 0.6) is 0 Å². The van der Waals surface area contributed by atoms with Crippen LogP contribution in [0.3, 0.4) is 0 Å². The van der Waals surface area contributed by atoms with Crippen LogP contribution in [0.25, 0.3) is 0 Å². The van der Waals surface area contributed by atoms with Gasteiger partial charge in [-0.25, -0.2) is 0 Å². The second-order valence-electron chi connectivity index (χ2n) is 10.2. The van der Waals surface area contributed by atoms with Crippen molar-refractivity contribution in [1.82, 2.24) is 10.6 Å². The van der Waals surface area contributed by atoms with Crippen molar-refractivity contribution in [2.45, 2.75) is 57.4 Å². The molecule has 1 unspecified atom stereocenters. The first-order chi connectivity index (χ1) is 17.4. The van der Waals surface area contributed by atoms with Gasteiger partial charge in [-0.05, 0) is 48.8 Å². The van der Waals surface area contributed by atoms with Crippen LogP contribution < -0.4 is 10.6 Å². The van der Waals surface area contributed by atoms with Crippen molar-refractivity contribution in [3.05, 3.63) is 108 Å². The van der Waals surface area contributed by atoms with Gasteiger partial charge in [0.15, 0.2) is 0 Å². The van der Waals surface area contributed by atoms with Crippen molar-refractivity contribution in [3.63, 3.8) is 0 Å². The number of amides is 1. The molecule has 4 heteroatoms. The van der Waals surface area contributed by atoms with E-state index in [0.29, 0.717) is 25.4 Å². The molecule has 0 fully saturated rings. The Balaban J connectivity index is 1.60. The third kappa shape index (κ3) is 7.80. The highest BCUT2D eigenvalue weighted by Gasteiger charge is 2.26. The third-order valence-corrected chi connectivity index (χ3v) is 6.81. The van der Waals surface area contributed by atoms with Gasteiger partial charge in [-0.2, -0.15) is 5.26 Å². The van der Waals surface area contributed by atoms with Crippen LogP contribution in [0.2, 0.25) is 0 Å². The Kier molecular flexibility index (Phi) is 10.3. The van der Waals surface area contributed by atoms with E-state index in [1.165, 1.54) is 11.1 Å². The van der Waals surface area contributed by atoms with Gasteiger partial charge in [0, 0.05) is 19.0 Å². The molecule has 36 heavy (non-hydrogen) atoms. The van der Waals surface area contributed by atoms with Crippen molar-refractivity contribution in [2.75, 3.05) is 13.1 Å². The molecule has 0 saturated carbocycles. The fourth-order valence-corrected chi connectivity index (χ4v) is 4.66. The number of nitrogens with zero attached hydrogens (tertiary/aromatic N) is 1. The van der Waals surface area contributed by atoms with Crippen LogP contribution in [0.15, 0.2) is 91.0 Å². The highest BCUT2D eigenvalue weighted by molar-refractivity contribution is 5.81. The molecule has 0 spiro atoms. The Labute approximate surface area is 216 Å². The van der Waals surface area contributed by atoms with E-state index in [2.05, 4.69) is 79.1 Å². The number of rotatable bonds is 13. The molecule has 3 aromatic carbocycles. The summed E-state index contributed by atoms with van der Waals surface area (Å²) in [5.41, 5.74) is 2.93. The molecule has 3 aromatic rings. The number of nitriles is 1. The summed E-state index contributed by atoms with van der Waals surface area (Å²) in [6.07, 6.45) is 2.21. The lowest BCUT2D eigenvalue weighted by atomic mass is 9.80. The molecular formula is C32H39N3O. The summed E-state index contributed by atoms with van der Waals surface area (Å²) >= 11 is 0. The number of nitrogens with one attached hydrogen (secondary N) is 2. The van der Waals surface area contributed by atoms with Gasteiger partial charge in [-0.1, -0.05) is 105 Å². The van der Waals surface area contributed by atoms with Crippen molar-refractivity contribution < 1.29 is 4.79 Å². The van der Waals surface area contributed by atoms with Crippen LogP contribution in [0.4, 0.5) is 0 Å². The van der Waals surface area contributed by atoms with Crippen LogP contribution in [0.1, 0.15) is 62.6 Å². The van der Waals surface area contributed by atoms with Crippen LogP contribution in [-0.4, -0.2) is 25.0 Å². The molecule has 4 nitrogen and oxygen atoms in total. The summed E-state index contributed by atoms with van der Waals surface area (Å²) in [6.45, 7) is 7.50. The number of hydrogen-bond donors (Lipinski definition) is 2. The molecule has 3 rings (SSSR count). The number of carbonyl (C=O) groups excluding carboxylic acids is 1. The molecule has 0 aliphatic heterocycles. The van der Waals surface area contributed by atoms with Crippen LogP contribution in [0, 0.1) is 17.2 Å². The van der Waals surface area contributed by atoms with E-state index in [9.17, 15) is 10.1 Å². The second kappa shape index (κ2) is 13.6. The predicted octanol–water partition coefficient (Wildman–Crippen LogP) is 6.20. The zero-order valence-corrected chi connectivity index (χ0v) is 21.8. The van der Waals surface area contributed by atoms with E-state index in [0.717, 1.165) is 18.4 Å². The highest BCUT2D eigenvalue weighted by Crippen LogP contribution is 2.28. The van der Waals surface area contributed by atoms with Gasteiger partial charge in [0.1, 0.15) is 0 Å². The molecule has 0 bridgehead atoms. The van der Waals surface area contributed by atoms with Crippen molar-refractivity contribution in [2.24, 2.45) is 5.92 Å². The minimum atomic E-state index is -0.555. The quantitative estimate of drug-likeness (QED) is 0.286. The summed E-state index contributed by atoms with van der Waals surface area (Å²) in [6, 6.07) is 33.0. The molecule has 0 radical (unpaired) electrons. The molecule has 0 aromatic heterocycles. The average molecular weight is 482 g/mol. The van der Waals surface area contributed by atoms with Gasteiger partial charge in [-0.15, -0.1) is 0 Å². The summed E-state index contributed by atoms with van der Waals surface area (Å²) in [5.74, 6) is 0.583. The van der Waals surface area contributed by atoms with E-state index in [4.69, 9.17) is 0 Å². The molecular weight excluding hydrogens is 442 g/mol. The lowest BCUT2D eigenvalue weighted by molar-refractivity contribution is -0.123. The Morgan fingerprint density at radius 1 is 0.889 bits per heavy atom. The lowest BCUT2D eigenvalue weighted by Crippen LogP contribution is -2.46. The maximum absolute atomic E-state index is 13.2. The molecule has 188 valence electrons. The third-order valence-electron chi connectivity index (χ3n) is 6.81. The van der Waals surface area contributed by atoms with Gasteiger partial charge in [0.25, 0.3) is 0 Å². The SMILES string of the molecule is CC(C)C[C@H](NCC(c1ccccc1)c1ccccc1)C(=O)NCCCC(C)(C#N)c1ccccc1. The first-order valence-electron chi connectivity index (χ1n) is 13.0. The summed E-state index contributed by atoms with van der Waals surface area (Å²) in [4.78, 5) is 13.2. The maximum Gasteiger partial charge on any atom is 0.237 e. The molecule has 1 amide bonds. The fraction of sp³-hybridized carbons (Fsp3) is 0.375. The van der Waals surface area contributed by atoms with Gasteiger partial charge >= 0.3 is 0 Å². The Morgan fingerprint density at radius 3 is 1.92 bits per heavy atom. The van der Waals surface area contributed by atoms with Crippen molar-refractivity contribution in [1.29, 1.82) is 5.26 Å². The maximum atomic E-state index is 13.2. The first kappa shape index (κ1) is 27.2. The molecule has 2 atom stereocenters. The van der Waals surface area contributed by atoms with Gasteiger partial charge in [0.05, 0.1) is 17.5 Å². The number of benzene rings is 3. The summed E-state index contributed by atoms with van der Waals surface area (Å²) in [5, 5.41) is 16.5.